The molecule has 0 saturated carbocycles. The molecule has 1 aromatic heterocycles. The summed E-state index contributed by atoms with van der Waals surface area (Å²) < 4.78 is 6.27. The number of ether oxygens (including phenoxy) is 1. The lowest BCUT2D eigenvalue weighted by atomic mass is 10.1. The zero-order valence-electron chi connectivity index (χ0n) is 11.8. The predicted octanol–water partition coefficient (Wildman–Crippen LogP) is 2.53. The highest BCUT2D eigenvalue weighted by atomic mass is 79.9. The van der Waals surface area contributed by atoms with Gasteiger partial charge in [-0.25, -0.2) is 4.79 Å². The third-order valence-corrected chi connectivity index (χ3v) is 5.33. The highest BCUT2D eigenvalue weighted by molar-refractivity contribution is 9.11. The minimum Gasteiger partial charge on any atom is -0.480 e. The summed E-state index contributed by atoms with van der Waals surface area (Å²) in [4.78, 5) is 26.1. The van der Waals surface area contributed by atoms with Crippen molar-refractivity contribution < 1.29 is 19.4 Å². The highest BCUT2D eigenvalue weighted by Crippen LogP contribution is 2.25. The first-order valence-electron chi connectivity index (χ1n) is 6.80. The van der Waals surface area contributed by atoms with Crippen LogP contribution in [-0.2, 0) is 20.7 Å². The number of carboxylic acid groups (broad SMARTS) is 1. The molecule has 0 radical (unpaired) electrons. The van der Waals surface area contributed by atoms with Crippen molar-refractivity contribution in [2.45, 2.75) is 37.8 Å². The smallest absolute Gasteiger partial charge is 0.326 e. The number of likely N-dealkylation sites (tertiary alicyclic amines) is 1. The molecule has 1 fully saturated rings. The number of carbonyl (C=O) groups is 2. The second-order valence-electron chi connectivity index (χ2n) is 5.05. The second kappa shape index (κ2) is 7.38. The Morgan fingerprint density at radius 2 is 2.29 bits per heavy atom. The van der Waals surface area contributed by atoms with Crippen LogP contribution in [0.15, 0.2) is 15.9 Å². The SMILES string of the molecule is COC1CC(C(=O)O)N(C(=O)CCCc2ccc(Br)s2)C1. The number of amides is 1. The lowest BCUT2D eigenvalue weighted by Gasteiger charge is -2.21. The number of aliphatic carboxylic acids is 1. The van der Waals surface area contributed by atoms with Gasteiger partial charge in [-0.2, -0.15) is 0 Å². The second-order valence-corrected chi connectivity index (χ2v) is 7.60. The van der Waals surface area contributed by atoms with Crippen LogP contribution in [0.1, 0.15) is 24.1 Å². The topological polar surface area (TPSA) is 66.8 Å². The average Bonchev–Trinajstić information content (AvgIpc) is 3.04. The van der Waals surface area contributed by atoms with Gasteiger partial charge in [0.15, 0.2) is 0 Å². The van der Waals surface area contributed by atoms with Gasteiger partial charge in [0, 0.05) is 31.4 Å². The molecular formula is C14H18BrNO4S. The molecule has 0 aromatic carbocycles. The van der Waals surface area contributed by atoms with Gasteiger partial charge in [0.2, 0.25) is 5.91 Å². The summed E-state index contributed by atoms with van der Waals surface area (Å²) in [5, 5.41) is 9.20. The minimum atomic E-state index is -0.954. The molecule has 21 heavy (non-hydrogen) atoms. The molecule has 0 bridgehead atoms. The zero-order chi connectivity index (χ0) is 15.4. The van der Waals surface area contributed by atoms with Crippen LogP contribution in [0.3, 0.4) is 0 Å². The van der Waals surface area contributed by atoms with E-state index in [1.54, 1.807) is 18.4 Å². The van der Waals surface area contributed by atoms with Crippen molar-refractivity contribution in [3.63, 3.8) is 0 Å². The number of methoxy groups -OCH3 is 1. The van der Waals surface area contributed by atoms with Gasteiger partial charge in [-0.1, -0.05) is 0 Å². The van der Waals surface area contributed by atoms with Crippen LogP contribution in [-0.4, -0.2) is 47.7 Å². The Morgan fingerprint density at radius 1 is 1.52 bits per heavy atom. The molecule has 0 spiro atoms. The van der Waals surface area contributed by atoms with Crippen molar-refractivity contribution in [3.05, 3.63) is 20.8 Å². The first kappa shape index (κ1) is 16.5. The maximum Gasteiger partial charge on any atom is 0.326 e. The predicted molar refractivity (Wildman–Crippen MR) is 83.5 cm³/mol. The Hall–Kier alpha value is -0.920. The van der Waals surface area contributed by atoms with Crippen molar-refractivity contribution >= 4 is 39.1 Å². The van der Waals surface area contributed by atoms with Gasteiger partial charge in [-0.15, -0.1) is 11.3 Å². The summed E-state index contributed by atoms with van der Waals surface area (Å²) in [6.07, 6.45) is 2.13. The highest BCUT2D eigenvalue weighted by Gasteiger charge is 2.39. The Balaban J connectivity index is 1.85. The van der Waals surface area contributed by atoms with E-state index in [0.717, 1.165) is 16.6 Å². The van der Waals surface area contributed by atoms with Gasteiger partial charge in [-0.05, 0) is 40.9 Å². The number of carboxylic acids is 1. The normalized spacial score (nSPS) is 21.7. The van der Waals surface area contributed by atoms with Crippen LogP contribution in [0.25, 0.3) is 0 Å². The Labute approximate surface area is 136 Å². The molecule has 1 aliphatic rings. The first-order chi connectivity index (χ1) is 10.0. The van der Waals surface area contributed by atoms with Crippen molar-refractivity contribution in [3.8, 4) is 0 Å². The number of aryl methyl sites for hydroxylation is 1. The molecule has 2 heterocycles. The number of thiophene rings is 1. The fourth-order valence-corrected chi connectivity index (χ4v) is 4.05. The summed E-state index contributed by atoms with van der Waals surface area (Å²) in [6.45, 7) is 0.372. The van der Waals surface area contributed by atoms with E-state index in [2.05, 4.69) is 15.9 Å². The van der Waals surface area contributed by atoms with E-state index in [4.69, 9.17) is 4.74 Å². The van der Waals surface area contributed by atoms with Gasteiger partial charge in [0.05, 0.1) is 9.89 Å². The molecule has 0 aliphatic carbocycles. The summed E-state index contributed by atoms with van der Waals surface area (Å²) in [5.74, 6) is -1.05. The monoisotopic (exact) mass is 375 g/mol. The van der Waals surface area contributed by atoms with Gasteiger partial charge < -0.3 is 14.7 Å². The number of carbonyl (C=O) groups excluding carboxylic acids is 1. The molecule has 2 rings (SSSR count). The molecule has 1 amide bonds. The fraction of sp³-hybridized carbons (Fsp3) is 0.571. The van der Waals surface area contributed by atoms with Crippen LogP contribution < -0.4 is 0 Å². The quantitative estimate of drug-likeness (QED) is 0.829. The number of hydrogen-bond acceptors (Lipinski definition) is 4. The van der Waals surface area contributed by atoms with Gasteiger partial charge in [-0.3, -0.25) is 4.79 Å². The molecule has 1 aromatic rings. The number of rotatable bonds is 6. The molecule has 2 atom stereocenters. The summed E-state index contributed by atoms with van der Waals surface area (Å²) >= 11 is 5.07. The molecular weight excluding hydrogens is 358 g/mol. The Kier molecular flexibility index (Phi) is 5.78. The molecule has 5 nitrogen and oxygen atoms in total. The van der Waals surface area contributed by atoms with Crippen LogP contribution in [0.5, 0.6) is 0 Å². The summed E-state index contributed by atoms with van der Waals surface area (Å²) in [6, 6.07) is 3.28. The Morgan fingerprint density at radius 3 is 2.86 bits per heavy atom. The van der Waals surface area contributed by atoms with Gasteiger partial charge >= 0.3 is 5.97 Å². The Bertz CT molecular complexity index is 519. The standard InChI is InChI=1S/C14H18BrNO4S/c1-20-9-7-11(14(18)19)16(8-9)13(17)4-2-3-10-5-6-12(15)21-10/h5-6,9,11H,2-4,7-8H2,1H3,(H,18,19). The fourth-order valence-electron chi connectivity index (χ4n) is 2.52. The van der Waals surface area contributed by atoms with Crippen molar-refractivity contribution in [1.82, 2.24) is 4.90 Å². The zero-order valence-corrected chi connectivity index (χ0v) is 14.2. The van der Waals surface area contributed by atoms with E-state index in [0.29, 0.717) is 19.4 Å². The van der Waals surface area contributed by atoms with Gasteiger partial charge in [0.1, 0.15) is 6.04 Å². The molecule has 1 aliphatic heterocycles. The van der Waals surface area contributed by atoms with Crippen LogP contribution in [0.4, 0.5) is 0 Å². The molecule has 7 heteroatoms. The van der Waals surface area contributed by atoms with Gasteiger partial charge in [0.25, 0.3) is 0 Å². The lowest BCUT2D eigenvalue weighted by molar-refractivity contribution is -0.148. The largest absolute Gasteiger partial charge is 0.480 e. The average molecular weight is 376 g/mol. The van der Waals surface area contributed by atoms with Crippen LogP contribution in [0, 0.1) is 0 Å². The maximum atomic E-state index is 12.2. The first-order valence-corrected chi connectivity index (χ1v) is 8.41. The molecule has 116 valence electrons. The lowest BCUT2D eigenvalue weighted by Crippen LogP contribution is -2.40. The van der Waals surface area contributed by atoms with Crippen molar-refractivity contribution in [1.29, 1.82) is 0 Å². The number of hydrogen-bond donors (Lipinski definition) is 1. The third-order valence-electron chi connectivity index (χ3n) is 3.64. The summed E-state index contributed by atoms with van der Waals surface area (Å²) in [5.41, 5.74) is 0. The van der Waals surface area contributed by atoms with Crippen LogP contribution >= 0.6 is 27.3 Å². The van der Waals surface area contributed by atoms with E-state index >= 15 is 0 Å². The van der Waals surface area contributed by atoms with E-state index in [1.807, 2.05) is 12.1 Å². The van der Waals surface area contributed by atoms with E-state index in [9.17, 15) is 14.7 Å². The van der Waals surface area contributed by atoms with Crippen molar-refractivity contribution in [2.75, 3.05) is 13.7 Å². The minimum absolute atomic E-state index is 0.0995. The maximum absolute atomic E-state index is 12.2. The van der Waals surface area contributed by atoms with E-state index in [-0.39, 0.29) is 12.0 Å². The molecule has 2 unspecified atom stereocenters. The third kappa shape index (κ3) is 4.28. The number of halogens is 1. The summed E-state index contributed by atoms with van der Waals surface area (Å²) in [7, 11) is 1.55. The van der Waals surface area contributed by atoms with E-state index < -0.39 is 12.0 Å². The molecule has 1 N–H and O–H groups in total. The van der Waals surface area contributed by atoms with Crippen LogP contribution in [0.2, 0.25) is 0 Å². The number of nitrogens with zero attached hydrogens (tertiary/aromatic N) is 1. The molecule has 1 saturated heterocycles. The van der Waals surface area contributed by atoms with E-state index in [1.165, 1.54) is 9.78 Å². The van der Waals surface area contributed by atoms with Crippen molar-refractivity contribution in [2.24, 2.45) is 0 Å².